The Hall–Kier alpha value is -1.92. The summed E-state index contributed by atoms with van der Waals surface area (Å²) < 4.78 is 0. The second-order valence-corrected chi connectivity index (χ2v) is 6.33. The SMILES string of the molecule is Cc1ccc(NN)c(C(=O)Nc2nc3c(s2)CCCC3)c1. The molecular formula is C15H18N4OS. The van der Waals surface area contributed by atoms with E-state index in [-0.39, 0.29) is 5.91 Å². The van der Waals surface area contributed by atoms with Gasteiger partial charge in [-0.2, -0.15) is 0 Å². The predicted octanol–water partition coefficient (Wildman–Crippen LogP) is 2.87. The molecule has 1 amide bonds. The summed E-state index contributed by atoms with van der Waals surface area (Å²) in [5.41, 5.74) is 5.86. The van der Waals surface area contributed by atoms with Gasteiger partial charge >= 0.3 is 0 Å². The molecule has 110 valence electrons. The predicted molar refractivity (Wildman–Crippen MR) is 85.7 cm³/mol. The zero-order chi connectivity index (χ0) is 14.8. The summed E-state index contributed by atoms with van der Waals surface area (Å²) in [5, 5.41) is 3.57. The van der Waals surface area contributed by atoms with Crippen molar-refractivity contribution in [2.75, 3.05) is 10.7 Å². The number of aromatic nitrogens is 1. The van der Waals surface area contributed by atoms with Gasteiger partial charge in [0.1, 0.15) is 0 Å². The minimum absolute atomic E-state index is 0.183. The van der Waals surface area contributed by atoms with Crippen LogP contribution in [0.25, 0.3) is 0 Å². The number of fused-ring (bicyclic) bond motifs is 1. The van der Waals surface area contributed by atoms with Crippen LogP contribution in [0.5, 0.6) is 0 Å². The number of amides is 1. The van der Waals surface area contributed by atoms with Crippen LogP contribution in [0.3, 0.4) is 0 Å². The van der Waals surface area contributed by atoms with Gasteiger partial charge in [-0.3, -0.25) is 16.0 Å². The molecule has 0 saturated carbocycles. The second-order valence-electron chi connectivity index (χ2n) is 5.24. The van der Waals surface area contributed by atoms with Crippen molar-refractivity contribution < 1.29 is 4.79 Å². The minimum atomic E-state index is -0.183. The second kappa shape index (κ2) is 5.83. The molecule has 0 atom stereocenters. The first-order chi connectivity index (χ1) is 10.2. The molecule has 21 heavy (non-hydrogen) atoms. The Morgan fingerprint density at radius 1 is 1.33 bits per heavy atom. The Morgan fingerprint density at radius 3 is 2.90 bits per heavy atom. The van der Waals surface area contributed by atoms with Crippen molar-refractivity contribution in [3.63, 3.8) is 0 Å². The fraction of sp³-hybridized carbons (Fsp3) is 0.333. The summed E-state index contributed by atoms with van der Waals surface area (Å²) in [6, 6.07) is 5.53. The maximum absolute atomic E-state index is 12.4. The van der Waals surface area contributed by atoms with Crippen molar-refractivity contribution in [1.29, 1.82) is 0 Å². The maximum Gasteiger partial charge on any atom is 0.259 e. The largest absolute Gasteiger partial charge is 0.323 e. The lowest BCUT2D eigenvalue weighted by atomic mass is 10.0. The Labute approximate surface area is 127 Å². The Balaban J connectivity index is 1.83. The molecule has 1 aromatic carbocycles. The molecule has 3 rings (SSSR count). The van der Waals surface area contributed by atoms with Gasteiger partial charge in [0.15, 0.2) is 5.13 Å². The lowest BCUT2D eigenvalue weighted by Gasteiger charge is -2.09. The van der Waals surface area contributed by atoms with E-state index in [4.69, 9.17) is 5.84 Å². The third-order valence-corrected chi connectivity index (χ3v) is 4.71. The van der Waals surface area contributed by atoms with Crippen molar-refractivity contribution in [3.8, 4) is 0 Å². The average Bonchev–Trinajstić information content (AvgIpc) is 2.89. The minimum Gasteiger partial charge on any atom is -0.323 e. The molecule has 2 aromatic rings. The number of anilines is 2. The van der Waals surface area contributed by atoms with Crippen LogP contribution in [0.1, 0.15) is 39.3 Å². The van der Waals surface area contributed by atoms with Gasteiger partial charge in [-0.05, 0) is 44.7 Å². The van der Waals surface area contributed by atoms with Crippen LogP contribution in [-0.4, -0.2) is 10.9 Å². The number of hydrazine groups is 1. The van der Waals surface area contributed by atoms with E-state index in [9.17, 15) is 4.79 Å². The van der Waals surface area contributed by atoms with Crippen LogP contribution in [0.4, 0.5) is 10.8 Å². The number of carbonyl (C=O) groups is 1. The normalized spacial score (nSPS) is 13.6. The van der Waals surface area contributed by atoms with Crippen LogP contribution < -0.4 is 16.6 Å². The molecule has 0 saturated heterocycles. The summed E-state index contributed by atoms with van der Waals surface area (Å²) in [6.45, 7) is 1.94. The van der Waals surface area contributed by atoms with Crippen molar-refractivity contribution >= 4 is 28.1 Å². The van der Waals surface area contributed by atoms with E-state index in [0.717, 1.165) is 24.1 Å². The van der Waals surface area contributed by atoms with Crippen LogP contribution in [0.15, 0.2) is 18.2 Å². The number of nitrogens with one attached hydrogen (secondary N) is 2. The summed E-state index contributed by atoms with van der Waals surface area (Å²) >= 11 is 1.58. The maximum atomic E-state index is 12.4. The van der Waals surface area contributed by atoms with Crippen molar-refractivity contribution in [2.24, 2.45) is 5.84 Å². The number of benzene rings is 1. The standard InChI is InChI=1S/C15H18N4OS/c1-9-6-7-11(19-16)10(8-9)14(20)18-15-17-12-4-2-3-5-13(12)21-15/h6-8,19H,2-5,16H2,1H3,(H,17,18,20). The number of hydrogen-bond donors (Lipinski definition) is 3. The van der Waals surface area contributed by atoms with E-state index in [2.05, 4.69) is 15.7 Å². The lowest BCUT2D eigenvalue weighted by molar-refractivity contribution is 0.102. The highest BCUT2D eigenvalue weighted by molar-refractivity contribution is 7.15. The van der Waals surface area contributed by atoms with Gasteiger partial charge in [-0.15, -0.1) is 11.3 Å². The Morgan fingerprint density at radius 2 is 2.14 bits per heavy atom. The van der Waals surface area contributed by atoms with E-state index in [0.29, 0.717) is 16.4 Å². The molecular weight excluding hydrogens is 284 g/mol. The van der Waals surface area contributed by atoms with E-state index in [1.54, 1.807) is 17.4 Å². The quantitative estimate of drug-likeness (QED) is 0.601. The highest BCUT2D eigenvalue weighted by Gasteiger charge is 2.18. The molecule has 0 radical (unpaired) electrons. The number of nitrogens with two attached hydrogens (primary N) is 1. The van der Waals surface area contributed by atoms with Crippen molar-refractivity contribution in [3.05, 3.63) is 39.9 Å². The number of carbonyl (C=O) groups excluding carboxylic acids is 1. The van der Waals surface area contributed by atoms with E-state index >= 15 is 0 Å². The zero-order valence-corrected chi connectivity index (χ0v) is 12.7. The molecule has 6 heteroatoms. The first kappa shape index (κ1) is 14.0. The molecule has 0 unspecified atom stereocenters. The molecule has 0 fully saturated rings. The van der Waals surface area contributed by atoms with Gasteiger partial charge in [0.25, 0.3) is 5.91 Å². The smallest absolute Gasteiger partial charge is 0.259 e. The number of thiazole rings is 1. The lowest BCUT2D eigenvalue weighted by Crippen LogP contribution is -2.17. The van der Waals surface area contributed by atoms with Gasteiger partial charge in [0.05, 0.1) is 16.9 Å². The number of rotatable bonds is 3. The molecule has 0 aliphatic heterocycles. The van der Waals surface area contributed by atoms with E-state index in [1.807, 2.05) is 19.1 Å². The summed E-state index contributed by atoms with van der Waals surface area (Å²) in [4.78, 5) is 18.3. The van der Waals surface area contributed by atoms with Gasteiger partial charge in [-0.25, -0.2) is 4.98 Å². The number of aryl methyl sites for hydroxylation is 3. The molecule has 0 bridgehead atoms. The first-order valence-corrected chi connectivity index (χ1v) is 7.86. The van der Waals surface area contributed by atoms with Crippen LogP contribution in [0.2, 0.25) is 0 Å². The number of nitrogens with zero attached hydrogens (tertiary/aromatic N) is 1. The fourth-order valence-corrected chi connectivity index (χ4v) is 3.59. The summed E-state index contributed by atoms with van der Waals surface area (Å²) in [5.74, 6) is 5.29. The Kier molecular flexibility index (Phi) is 3.90. The molecule has 5 nitrogen and oxygen atoms in total. The third kappa shape index (κ3) is 2.91. The third-order valence-electron chi connectivity index (χ3n) is 3.64. The number of nitrogen functional groups attached to an aromatic ring is 1. The molecule has 1 heterocycles. The summed E-state index contributed by atoms with van der Waals surface area (Å²) in [7, 11) is 0. The summed E-state index contributed by atoms with van der Waals surface area (Å²) in [6.07, 6.45) is 4.48. The molecule has 4 N–H and O–H groups in total. The Bertz CT molecular complexity index is 657. The molecule has 0 spiro atoms. The average molecular weight is 302 g/mol. The highest BCUT2D eigenvalue weighted by Crippen LogP contribution is 2.30. The van der Waals surface area contributed by atoms with Crippen molar-refractivity contribution in [1.82, 2.24) is 4.98 Å². The van der Waals surface area contributed by atoms with Gasteiger partial charge in [-0.1, -0.05) is 11.6 Å². The molecule has 1 aliphatic rings. The van der Waals surface area contributed by atoms with Crippen LogP contribution >= 0.6 is 11.3 Å². The topological polar surface area (TPSA) is 80.0 Å². The van der Waals surface area contributed by atoms with Crippen LogP contribution in [0, 0.1) is 6.92 Å². The van der Waals surface area contributed by atoms with Gasteiger partial charge < -0.3 is 5.43 Å². The van der Waals surface area contributed by atoms with Gasteiger partial charge in [0.2, 0.25) is 0 Å². The molecule has 1 aromatic heterocycles. The first-order valence-electron chi connectivity index (χ1n) is 7.04. The number of hydrogen-bond acceptors (Lipinski definition) is 5. The fourth-order valence-electron chi connectivity index (χ4n) is 2.54. The molecule has 1 aliphatic carbocycles. The van der Waals surface area contributed by atoms with E-state index < -0.39 is 0 Å². The van der Waals surface area contributed by atoms with E-state index in [1.165, 1.54) is 17.7 Å². The zero-order valence-electron chi connectivity index (χ0n) is 11.9. The highest BCUT2D eigenvalue weighted by atomic mass is 32.1. The van der Waals surface area contributed by atoms with Gasteiger partial charge in [0, 0.05) is 4.88 Å². The monoisotopic (exact) mass is 302 g/mol. The van der Waals surface area contributed by atoms with Crippen molar-refractivity contribution in [2.45, 2.75) is 32.6 Å². The van der Waals surface area contributed by atoms with Crippen LogP contribution in [-0.2, 0) is 12.8 Å².